The lowest BCUT2D eigenvalue weighted by atomic mass is 10.2. The molecule has 0 fully saturated rings. The molecule has 88 valence electrons. The molecule has 0 unspecified atom stereocenters. The fourth-order valence-corrected chi connectivity index (χ4v) is 1.64. The average Bonchev–Trinajstić information content (AvgIpc) is 2.86. The monoisotopic (exact) mass is 240 g/mol. The van der Waals surface area contributed by atoms with Crippen molar-refractivity contribution in [3.8, 4) is 11.4 Å². The molecule has 0 aliphatic rings. The first kappa shape index (κ1) is 10.3. The lowest BCUT2D eigenvalue weighted by Crippen LogP contribution is -2.15. The van der Waals surface area contributed by atoms with Crippen LogP contribution >= 0.6 is 0 Å². The van der Waals surface area contributed by atoms with Gasteiger partial charge in [0.15, 0.2) is 17.2 Å². The Morgan fingerprint density at radius 3 is 2.94 bits per heavy atom. The molecular weight excluding hydrogens is 232 g/mol. The lowest BCUT2D eigenvalue weighted by molar-refractivity contribution is 0.0997. The number of nitrogens with two attached hydrogens (primary N) is 1. The van der Waals surface area contributed by atoms with E-state index in [0.717, 1.165) is 0 Å². The molecule has 3 aromatic heterocycles. The quantitative estimate of drug-likeness (QED) is 0.678. The van der Waals surface area contributed by atoms with E-state index in [2.05, 4.69) is 24.9 Å². The van der Waals surface area contributed by atoms with Crippen molar-refractivity contribution in [2.45, 2.75) is 0 Å². The highest BCUT2D eigenvalue weighted by molar-refractivity contribution is 6.01. The predicted octanol–water partition coefficient (Wildman–Crippen LogP) is 0.514. The fraction of sp³-hybridized carbons (Fsp3) is 0. The lowest BCUT2D eigenvalue weighted by Gasteiger charge is -2.02. The molecule has 0 spiro atoms. The van der Waals surface area contributed by atoms with Crippen molar-refractivity contribution in [3.63, 3.8) is 0 Å². The van der Waals surface area contributed by atoms with E-state index in [4.69, 9.17) is 5.73 Å². The average molecular weight is 240 g/mol. The molecule has 7 heteroatoms. The number of hydrogen-bond donors (Lipinski definition) is 2. The van der Waals surface area contributed by atoms with E-state index in [9.17, 15) is 4.79 Å². The summed E-state index contributed by atoms with van der Waals surface area (Å²) in [5.74, 6) is -0.256. The maximum atomic E-state index is 11.4. The van der Waals surface area contributed by atoms with Gasteiger partial charge in [0.1, 0.15) is 5.52 Å². The molecule has 0 saturated heterocycles. The van der Waals surface area contributed by atoms with Crippen LogP contribution in [0.3, 0.4) is 0 Å². The number of nitrogens with zero attached hydrogens (tertiary/aromatic N) is 4. The van der Waals surface area contributed by atoms with Crippen molar-refractivity contribution < 1.29 is 4.79 Å². The van der Waals surface area contributed by atoms with Crippen LogP contribution in [0.5, 0.6) is 0 Å². The number of H-pyrrole nitrogens is 1. The normalized spacial score (nSPS) is 10.7. The summed E-state index contributed by atoms with van der Waals surface area (Å²) in [5.41, 5.74) is 6.95. The van der Waals surface area contributed by atoms with Crippen molar-refractivity contribution >= 4 is 17.1 Å². The molecule has 0 aliphatic heterocycles. The summed E-state index contributed by atoms with van der Waals surface area (Å²) in [6.45, 7) is 0. The van der Waals surface area contributed by atoms with Gasteiger partial charge in [-0.05, 0) is 12.1 Å². The van der Waals surface area contributed by atoms with E-state index < -0.39 is 5.91 Å². The number of imidazole rings is 1. The van der Waals surface area contributed by atoms with Crippen LogP contribution in [-0.4, -0.2) is 30.8 Å². The van der Waals surface area contributed by atoms with Crippen molar-refractivity contribution in [1.29, 1.82) is 0 Å². The highest BCUT2D eigenvalue weighted by Gasteiger charge is 2.14. The van der Waals surface area contributed by atoms with Crippen LogP contribution in [0.4, 0.5) is 0 Å². The Balaban J connectivity index is 2.29. The van der Waals surface area contributed by atoms with E-state index in [1.54, 1.807) is 24.5 Å². The molecule has 7 nitrogen and oxygen atoms in total. The number of primary amides is 1. The standard InChI is InChI=1S/C11H8N6O/c12-9(18)7-8-11(15-5-14-8)17-10(16-7)6-2-1-3-13-4-6/h1-5H,(H2,12,18)(H,14,15,16,17). The predicted molar refractivity (Wildman–Crippen MR) is 63.4 cm³/mol. The van der Waals surface area contributed by atoms with Crippen LogP contribution in [0.15, 0.2) is 30.9 Å². The van der Waals surface area contributed by atoms with Gasteiger partial charge < -0.3 is 10.7 Å². The zero-order chi connectivity index (χ0) is 12.5. The molecule has 3 rings (SSSR count). The minimum absolute atomic E-state index is 0.122. The summed E-state index contributed by atoms with van der Waals surface area (Å²) in [7, 11) is 0. The number of aromatic amines is 1. The summed E-state index contributed by atoms with van der Waals surface area (Å²) >= 11 is 0. The van der Waals surface area contributed by atoms with Gasteiger partial charge in [-0.2, -0.15) is 0 Å². The summed E-state index contributed by atoms with van der Waals surface area (Å²) in [4.78, 5) is 30.5. The largest absolute Gasteiger partial charge is 0.364 e. The molecule has 0 atom stereocenters. The second-order valence-corrected chi connectivity index (χ2v) is 3.60. The van der Waals surface area contributed by atoms with Gasteiger partial charge in [-0.3, -0.25) is 9.78 Å². The Morgan fingerprint density at radius 2 is 2.22 bits per heavy atom. The van der Waals surface area contributed by atoms with Gasteiger partial charge in [-0.1, -0.05) is 0 Å². The first-order valence-electron chi connectivity index (χ1n) is 5.17. The van der Waals surface area contributed by atoms with Crippen LogP contribution in [0.25, 0.3) is 22.6 Å². The van der Waals surface area contributed by atoms with Crippen LogP contribution < -0.4 is 5.73 Å². The summed E-state index contributed by atoms with van der Waals surface area (Å²) in [6, 6.07) is 3.56. The van der Waals surface area contributed by atoms with Crippen LogP contribution in [0, 0.1) is 0 Å². The first-order valence-corrected chi connectivity index (χ1v) is 5.17. The maximum Gasteiger partial charge on any atom is 0.269 e. The third-order valence-corrected chi connectivity index (χ3v) is 2.44. The van der Waals surface area contributed by atoms with Crippen molar-refractivity contribution in [1.82, 2.24) is 24.9 Å². The van der Waals surface area contributed by atoms with Gasteiger partial charge in [0.25, 0.3) is 5.91 Å². The second-order valence-electron chi connectivity index (χ2n) is 3.60. The van der Waals surface area contributed by atoms with E-state index in [-0.39, 0.29) is 5.69 Å². The number of fused-ring (bicyclic) bond motifs is 1. The minimum atomic E-state index is -0.628. The number of hydrogen-bond acceptors (Lipinski definition) is 5. The molecule has 18 heavy (non-hydrogen) atoms. The van der Waals surface area contributed by atoms with Gasteiger partial charge in [0.2, 0.25) is 0 Å². The van der Waals surface area contributed by atoms with Crippen molar-refractivity contribution in [2.24, 2.45) is 5.73 Å². The maximum absolute atomic E-state index is 11.4. The molecule has 0 radical (unpaired) electrons. The van der Waals surface area contributed by atoms with E-state index in [1.165, 1.54) is 6.33 Å². The second kappa shape index (κ2) is 3.88. The van der Waals surface area contributed by atoms with Gasteiger partial charge in [0, 0.05) is 18.0 Å². The van der Waals surface area contributed by atoms with E-state index in [0.29, 0.717) is 22.6 Å². The van der Waals surface area contributed by atoms with Gasteiger partial charge in [0.05, 0.1) is 6.33 Å². The third kappa shape index (κ3) is 1.58. The molecule has 0 aliphatic carbocycles. The molecule has 3 N–H and O–H groups in total. The first-order chi connectivity index (χ1) is 8.75. The molecule has 3 heterocycles. The van der Waals surface area contributed by atoms with E-state index >= 15 is 0 Å². The Morgan fingerprint density at radius 1 is 1.33 bits per heavy atom. The number of aromatic nitrogens is 5. The highest BCUT2D eigenvalue weighted by atomic mass is 16.1. The number of carbonyl (C=O) groups is 1. The SMILES string of the molecule is NC(=O)c1nc(-c2cccnc2)nc2nc[nH]c12. The molecule has 0 aromatic carbocycles. The molecule has 0 saturated carbocycles. The van der Waals surface area contributed by atoms with E-state index in [1.807, 2.05) is 0 Å². The van der Waals surface area contributed by atoms with Crippen molar-refractivity contribution in [3.05, 3.63) is 36.5 Å². The third-order valence-electron chi connectivity index (χ3n) is 2.44. The number of amides is 1. The Labute approximate surface area is 101 Å². The Bertz CT molecular complexity index is 721. The van der Waals surface area contributed by atoms with Crippen LogP contribution in [-0.2, 0) is 0 Å². The van der Waals surface area contributed by atoms with Crippen LogP contribution in [0.2, 0.25) is 0 Å². The summed E-state index contributed by atoms with van der Waals surface area (Å²) in [6.07, 6.45) is 4.70. The zero-order valence-electron chi connectivity index (χ0n) is 9.16. The minimum Gasteiger partial charge on any atom is -0.364 e. The highest BCUT2D eigenvalue weighted by Crippen LogP contribution is 2.18. The number of nitrogens with one attached hydrogen (secondary N) is 1. The van der Waals surface area contributed by atoms with Gasteiger partial charge in [-0.25, -0.2) is 15.0 Å². The van der Waals surface area contributed by atoms with Crippen LogP contribution in [0.1, 0.15) is 10.5 Å². The number of carbonyl (C=O) groups excluding carboxylic acids is 1. The molecule has 3 aromatic rings. The summed E-state index contributed by atoms with van der Waals surface area (Å²) < 4.78 is 0. The Kier molecular flexibility index (Phi) is 2.23. The summed E-state index contributed by atoms with van der Waals surface area (Å²) in [5, 5.41) is 0. The number of pyridine rings is 1. The van der Waals surface area contributed by atoms with Crippen molar-refractivity contribution in [2.75, 3.05) is 0 Å². The topological polar surface area (TPSA) is 110 Å². The molecule has 1 amide bonds. The Hall–Kier alpha value is -2.83. The molecular formula is C11H8N6O. The molecule has 0 bridgehead atoms. The van der Waals surface area contributed by atoms with Gasteiger partial charge >= 0.3 is 0 Å². The number of rotatable bonds is 2. The fourth-order valence-electron chi connectivity index (χ4n) is 1.64. The zero-order valence-corrected chi connectivity index (χ0v) is 9.16. The smallest absolute Gasteiger partial charge is 0.269 e. The van der Waals surface area contributed by atoms with Gasteiger partial charge in [-0.15, -0.1) is 0 Å².